The summed E-state index contributed by atoms with van der Waals surface area (Å²) in [4.78, 5) is 16.7. The number of allylic oxidation sites excluding steroid dienone is 1. The molecule has 0 aliphatic carbocycles. The number of aromatic nitrogens is 1. The molecule has 0 saturated carbocycles. The topological polar surface area (TPSA) is 59.4 Å². The number of nitrogens with zero attached hydrogens (tertiary/aromatic N) is 1. The summed E-state index contributed by atoms with van der Waals surface area (Å²) in [7, 11) is 0. The van der Waals surface area contributed by atoms with Gasteiger partial charge in [-0.1, -0.05) is 57.2 Å². The van der Waals surface area contributed by atoms with E-state index in [-0.39, 0.29) is 11.5 Å². The normalized spacial score (nSPS) is 12.9. The molecule has 1 unspecified atom stereocenters. The van der Waals surface area contributed by atoms with E-state index >= 15 is 0 Å². The maximum atomic E-state index is 13.5. The number of ether oxygens (including phenoxy) is 1. The molecule has 0 amide bonds. The van der Waals surface area contributed by atoms with E-state index in [4.69, 9.17) is 4.74 Å². The molecule has 0 radical (unpaired) electrons. The van der Waals surface area contributed by atoms with Crippen LogP contribution in [0, 0.1) is 6.92 Å². The number of carboxylic acid groups (broad SMARTS) is 1. The van der Waals surface area contributed by atoms with Gasteiger partial charge in [0.25, 0.3) is 0 Å². The zero-order chi connectivity index (χ0) is 25.8. The molecule has 4 nitrogen and oxygen atoms in total. The van der Waals surface area contributed by atoms with Gasteiger partial charge in [-0.15, -0.1) is 11.3 Å². The molecule has 1 N–H and O–H groups in total. The standard InChI is InChI=1S/C27H28F3NO3S/c1-5-21(26(32)33)34-22-14-13-18(15-17(22)4)9-8-12-23-24(16(2)3)31-25(35-23)19-10-6-7-11-20(19)27(28,29)30/h6-11,13-16,21H,5,12H2,1-4H3,(H,32,33). The van der Waals surface area contributed by atoms with E-state index in [0.29, 0.717) is 23.6 Å². The Kier molecular flexibility index (Phi) is 8.38. The SMILES string of the molecule is CCC(Oc1ccc(C=CCc2sc(-c3ccccc3C(F)(F)F)nc2C(C)C)cc1C)C(=O)O. The molecule has 3 aromatic rings. The third-order valence-corrected chi connectivity index (χ3v) is 6.59. The Labute approximate surface area is 207 Å². The molecule has 1 heterocycles. The van der Waals surface area contributed by atoms with Crippen LogP contribution < -0.4 is 4.74 Å². The van der Waals surface area contributed by atoms with Crippen LogP contribution in [0.5, 0.6) is 5.75 Å². The highest BCUT2D eigenvalue weighted by Crippen LogP contribution is 2.40. The highest BCUT2D eigenvalue weighted by molar-refractivity contribution is 7.15. The van der Waals surface area contributed by atoms with E-state index in [9.17, 15) is 23.1 Å². The maximum absolute atomic E-state index is 13.5. The zero-order valence-corrected chi connectivity index (χ0v) is 20.8. The number of benzene rings is 2. The highest BCUT2D eigenvalue weighted by atomic mass is 32.1. The van der Waals surface area contributed by atoms with E-state index in [2.05, 4.69) is 4.98 Å². The number of thiazole rings is 1. The van der Waals surface area contributed by atoms with Gasteiger partial charge in [0.1, 0.15) is 10.8 Å². The lowest BCUT2D eigenvalue weighted by atomic mass is 10.1. The number of hydrogen-bond acceptors (Lipinski definition) is 4. The van der Waals surface area contributed by atoms with Crippen molar-refractivity contribution < 1.29 is 27.8 Å². The quantitative estimate of drug-likeness (QED) is 0.324. The zero-order valence-electron chi connectivity index (χ0n) is 20.0. The molecule has 0 fully saturated rings. The third-order valence-electron chi connectivity index (χ3n) is 5.47. The first kappa shape index (κ1) is 26.5. The second-order valence-electron chi connectivity index (χ2n) is 8.51. The lowest BCUT2D eigenvalue weighted by Gasteiger charge is -2.15. The lowest BCUT2D eigenvalue weighted by molar-refractivity contribution is -0.145. The van der Waals surface area contributed by atoms with Gasteiger partial charge < -0.3 is 9.84 Å². The fraction of sp³-hybridized carbons (Fsp3) is 0.333. The molecule has 0 bridgehead atoms. The lowest BCUT2D eigenvalue weighted by Crippen LogP contribution is -2.26. The van der Waals surface area contributed by atoms with Gasteiger partial charge in [0, 0.05) is 16.9 Å². The van der Waals surface area contributed by atoms with E-state index in [1.807, 2.05) is 45.1 Å². The number of halogens is 3. The van der Waals surface area contributed by atoms with Crippen LogP contribution in [-0.4, -0.2) is 22.2 Å². The average molecular weight is 504 g/mol. The number of rotatable bonds is 9. The molecule has 1 aromatic heterocycles. The number of carboxylic acids is 1. The van der Waals surface area contributed by atoms with Crippen molar-refractivity contribution in [3.05, 3.63) is 75.8 Å². The summed E-state index contributed by atoms with van der Waals surface area (Å²) in [6, 6.07) is 11.0. The number of carbonyl (C=O) groups is 1. The Morgan fingerprint density at radius 1 is 1.20 bits per heavy atom. The summed E-state index contributed by atoms with van der Waals surface area (Å²) in [5.41, 5.74) is 1.94. The predicted molar refractivity (Wildman–Crippen MR) is 133 cm³/mol. The van der Waals surface area contributed by atoms with Gasteiger partial charge >= 0.3 is 12.1 Å². The summed E-state index contributed by atoms with van der Waals surface area (Å²) in [5, 5.41) is 9.57. The van der Waals surface area contributed by atoms with Gasteiger partial charge in [-0.2, -0.15) is 13.2 Å². The Balaban J connectivity index is 1.82. The fourth-order valence-corrected chi connectivity index (χ4v) is 4.90. The molecular weight excluding hydrogens is 475 g/mol. The van der Waals surface area contributed by atoms with Gasteiger partial charge in [0.2, 0.25) is 0 Å². The first-order chi connectivity index (χ1) is 16.5. The first-order valence-corrected chi connectivity index (χ1v) is 12.2. The van der Waals surface area contributed by atoms with Crippen LogP contribution in [0.1, 0.15) is 60.4 Å². The van der Waals surface area contributed by atoms with Crippen molar-refractivity contribution >= 4 is 23.4 Å². The Morgan fingerprint density at radius 2 is 1.91 bits per heavy atom. The number of aryl methyl sites for hydroxylation is 1. The second-order valence-corrected chi connectivity index (χ2v) is 9.59. The van der Waals surface area contributed by atoms with Crippen LogP contribution in [0.3, 0.4) is 0 Å². The molecule has 2 aromatic carbocycles. The molecule has 1 atom stereocenters. The molecular formula is C27H28F3NO3S. The highest BCUT2D eigenvalue weighted by Gasteiger charge is 2.34. The molecule has 0 aliphatic rings. The summed E-state index contributed by atoms with van der Waals surface area (Å²) in [5.74, 6) is -0.409. The predicted octanol–water partition coefficient (Wildman–Crippen LogP) is 7.76. The van der Waals surface area contributed by atoms with Crippen molar-refractivity contribution in [2.45, 2.75) is 58.7 Å². The minimum absolute atomic E-state index is 0.0703. The molecule has 186 valence electrons. The number of hydrogen-bond donors (Lipinski definition) is 1. The maximum Gasteiger partial charge on any atom is 0.417 e. The van der Waals surface area contributed by atoms with Crippen molar-refractivity contribution in [3.8, 4) is 16.3 Å². The Bertz CT molecular complexity index is 1210. The molecule has 8 heteroatoms. The van der Waals surface area contributed by atoms with Gasteiger partial charge in [-0.25, -0.2) is 9.78 Å². The van der Waals surface area contributed by atoms with E-state index in [1.54, 1.807) is 19.1 Å². The summed E-state index contributed by atoms with van der Waals surface area (Å²) >= 11 is 1.29. The fourth-order valence-electron chi connectivity index (χ4n) is 3.67. The summed E-state index contributed by atoms with van der Waals surface area (Å²) in [6.07, 6.45) is -0.562. The first-order valence-electron chi connectivity index (χ1n) is 11.3. The smallest absolute Gasteiger partial charge is 0.417 e. The molecule has 35 heavy (non-hydrogen) atoms. The van der Waals surface area contributed by atoms with Crippen LogP contribution in [0.15, 0.2) is 48.5 Å². The second kappa shape index (κ2) is 11.1. The average Bonchev–Trinajstić information content (AvgIpc) is 3.22. The minimum Gasteiger partial charge on any atom is -0.479 e. The van der Waals surface area contributed by atoms with Crippen LogP contribution in [0.2, 0.25) is 0 Å². The van der Waals surface area contributed by atoms with Crippen molar-refractivity contribution in [1.82, 2.24) is 4.98 Å². The van der Waals surface area contributed by atoms with Gasteiger partial charge in [0.15, 0.2) is 6.10 Å². The molecule has 0 spiro atoms. The Morgan fingerprint density at radius 3 is 2.51 bits per heavy atom. The van der Waals surface area contributed by atoms with Crippen LogP contribution >= 0.6 is 11.3 Å². The monoisotopic (exact) mass is 503 g/mol. The number of alkyl halides is 3. The molecule has 0 saturated heterocycles. The van der Waals surface area contributed by atoms with Crippen LogP contribution in [-0.2, 0) is 17.4 Å². The van der Waals surface area contributed by atoms with E-state index in [0.717, 1.165) is 27.8 Å². The van der Waals surface area contributed by atoms with Crippen molar-refractivity contribution in [2.75, 3.05) is 0 Å². The van der Waals surface area contributed by atoms with Gasteiger partial charge in [-0.05, 0) is 48.6 Å². The van der Waals surface area contributed by atoms with Gasteiger partial charge in [0.05, 0.1) is 11.3 Å². The molecule has 3 rings (SSSR count). The van der Waals surface area contributed by atoms with E-state index in [1.165, 1.54) is 23.5 Å². The largest absolute Gasteiger partial charge is 0.479 e. The van der Waals surface area contributed by atoms with Crippen molar-refractivity contribution in [2.24, 2.45) is 0 Å². The van der Waals surface area contributed by atoms with Crippen molar-refractivity contribution in [1.29, 1.82) is 0 Å². The van der Waals surface area contributed by atoms with Gasteiger partial charge in [-0.3, -0.25) is 0 Å². The minimum atomic E-state index is -4.45. The molecule has 0 aliphatic heterocycles. The van der Waals surface area contributed by atoms with Crippen molar-refractivity contribution in [3.63, 3.8) is 0 Å². The summed E-state index contributed by atoms with van der Waals surface area (Å²) < 4.78 is 46.1. The summed E-state index contributed by atoms with van der Waals surface area (Å²) in [6.45, 7) is 7.56. The Hall–Kier alpha value is -3.13. The van der Waals surface area contributed by atoms with Crippen LogP contribution in [0.4, 0.5) is 13.2 Å². The number of aliphatic carboxylic acids is 1. The van der Waals surface area contributed by atoms with Crippen LogP contribution in [0.25, 0.3) is 16.6 Å². The van der Waals surface area contributed by atoms with E-state index < -0.39 is 23.8 Å². The third kappa shape index (κ3) is 6.51.